The SMILES string of the molecule is C=CCCCCCCCCC(=O)O.O=C(O)C1CCC(C(=O)O)C1.O=C(O)c1ccc2ccccc2c1O. The van der Waals surface area contributed by atoms with Gasteiger partial charge in [0, 0.05) is 11.8 Å². The Bertz CT molecular complexity index is 1060. The number of allylic oxidation sites excluding steroid dienone is 1. The molecule has 0 aliphatic heterocycles. The van der Waals surface area contributed by atoms with E-state index in [9.17, 15) is 24.3 Å². The maximum Gasteiger partial charge on any atom is 0.339 e. The summed E-state index contributed by atoms with van der Waals surface area (Å²) in [7, 11) is 0. The molecule has 2 aromatic rings. The van der Waals surface area contributed by atoms with Crippen molar-refractivity contribution in [3.63, 3.8) is 0 Å². The van der Waals surface area contributed by atoms with Crippen LogP contribution in [-0.4, -0.2) is 49.4 Å². The lowest BCUT2D eigenvalue weighted by atomic mass is 10.1. The van der Waals surface area contributed by atoms with Crippen LogP contribution in [0.15, 0.2) is 49.1 Å². The topological polar surface area (TPSA) is 169 Å². The molecule has 5 N–H and O–H groups in total. The fourth-order valence-electron chi connectivity index (χ4n) is 4.13. The highest BCUT2D eigenvalue weighted by atomic mass is 16.4. The third-order valence-corrected chi connectivity index (χ3v) is 6.31. The van der Waals surface area contributed by atoms with Crippen LogP contribution in [0.4, 0.5) is 0 Å². The van der Waals surface area contributed by atoms with Gasteiger partial charge in [-0.15, -0.1) is 6.58 Å². The van der Waals surface area contributed by atoms with Crippen LogP contribution in [0.1, 0.15) is 81.0 Å². The first-order valence-corrected chi connectivity index (χ1v) is 12.8. The zero-order valence-corrected chi connectivity index (χ0v) is 21.6. The molecule has 0 amide bonds. The van der Waals surface area contributed by atoms with Crippen LogP contribution < -0.4 is 0 Å². The molecule has 2 atom stereocenters. The Morgan fingerprint density at radius 1 is 0.789 bits per heavy atom. The van der Waals surface area contributed by atoms with Gasteiger partial charge in [-0.2, -0.15) is 0 Å². The van der Waals surface area contributed by atoms with Crippen molar-refractivity contribution >= 4 is 34.6 Å². The molecule has 0 heterocycles. The lowest BCUT2D eigenvalue weighted by Crippen LogP contribution is -2.13. The first-order valence-electron chi connectivity index (χ1n) is 12.8. The number of hydrogen-bond donors (Lipinski definition) is 5. The number of rotatable bonds is 12. The molecular weight excluding hydrogens is 492 g/mol. The first-order chi connectivity index (χ1) is 18.1. The van der Waals surface area contributed by atoms with Crippen molar-refractivity contribution in [2.45, 2.75) is 70.6 Å². The van der Waals surface area contributed by atoms with Crippen LogP contribution >= 0.6 is 0 Å². The predicted octanol–water partition coefficient (Wildman–Crippen LogP) is 6.19. The van der Waals surface area contributed by atoms with E-state index in [2.05, 4.69) is 6.58 Å². The number of hydrogen-bond acceptors (Lipinski definition) is 5. The third kappa shape index (κ3) is 11.9. The molecule has 2 unspecified atom stereocenters. The smallest absolute Gasteiger partial charge is 0.339 e. The molecule has 0 aromatic heterocycles. The molecule has 1 aliphatic rings. The van der Waals surface area contributed by atoms with Gasteiger partial charge in [0.1, 0.15) is 11.3 Å². The minimum atomic E-state index is -1.12. The summed E-state index contributed by atoms with van der Waals surface area (Å²) in [6, 6.07) is 10.2. The number of benzene rings is 2. The summed E-state index contributed by atoms with van der Waals surface area (Å²) in [5.41, 5.74) is -0.0660. The van der Waals surface area contributed by atoms with Crippen LogP contribution in [0, 0.1) is 11.8 Å². The van der Waals surface area contributed by atoms with Crippen molar-refractivity contribution in [3.05, 3.63) is 54.6 Å². The molecule has 1 aliphatic carbocycles. The molecule has 1 fully saturated rings. The van der Waals surface area contributed by atoms with Gasteiger partial charge in [0.2, 0.25) is 0 Å². The monoisotopic (exact) mass is 530 g/mol. The van der Waals surface area contributed by atoms with Crippen LogP contribution in [0.5, 0.6) is 5.75 Å². The lowest BCUT2D eigenvalue weighted by molar-refractivity contribution is -0.143. The first kappa shape index (κ1) is 32.1. The van der Waals surface area contributed by atoms with E-state index in [-0.39, 0.29) is 11.3 Å². The number of phenols is 1. The zero-order valence-electron chi connectivity index (χ0n) is 21.6. The number of aromatic carboxylic acids is 1. The minimum absolute atomic E-state index is 0.0660. The molecule has 1 saturated carbocycles. The normalized spacial score (nSPS) is 15.9. The quantitative estimate of drug-likeness (QED) is 0.158. The average molecular weight is 531 g/mol. The molecular formula is C29H38O9. The molecule has 3 rings (SSSR count). The summed E-state index contributed by atoms with van der Waals surface area (Å²) in [5.74, 6) is -4.56. The Kier molecular flexibility index (Phi) is 14.9. The van der Waals surface area contributed by atoms with E-state index in [0.717, 1.165) is 24.6 Å². The van der Waals surface area contributed by atoms with E-state index in [1.165, 1.54) is 31.7 Å². The largest absolute Gasteiger partial charge is 0.506 e. The molecule has 0 saturated heterocycles. The Hall–Kier alpha value is -3.88. The van der Waals surface area contributed by atoms with Gasteiger partial charge in [0.05, 0.1) is 11.8 Å². The van der Waals surface area contributed by atoms with Gasteiger partial charge in [0.25, 0.3) is 0 Å². The number of aliphatic carboxylic acids is 3. The molecule has 0 spiro atoms. The van der Waals surface area contributed by atoms with Gasteiger partial charge in [-0.05, 0) is 50.0 Å². The summed E-state index contributed by atoms with van der Waals surface area (Å²) in [4.78, 5) is 41.6. The Balaban J connectivity index is 0.000000287. The van der Waals surface area contributed by atoms with Crippen LogP contribution in [0.3, 0.4) is 0 Å². The van der Waals surface area contributed by atoms with Crippen molar-refractivity contribution in [1.29, 1.82) is 0 Å². The van der Waals surface area contributed by atoms with E-state index in [1.807, 2.05) is 18.2 Å². The Morgan fingerprint density at radius 2 is 1.34 bits per heavy atom. The van der Waals surface area contributed by atoms with Crippen LogP contribution in [0.25, 0.3) is 10.8 Å². The van der Waals surface area contributed by atoms with E-state index < -0.39 is 35.7 Å². The number of carboxylic acids is 4. The van der Waals surface area contributed by atoms with Gasteiger partial charge in [-0.3, -0.25) is 14.4 Å². The molecule has 9 nitrogen and oxygen atoms in total. The van der Waals surface area contributed by atoms with E-state index in [4.69, 9.17) is 20.4 Å². The second-order valence-corrected chi connectivity index (χ2v) is 9.21. The van der Waals surface area contributed by atoms with E-state index >= 15 is 0 Å². The summed E-state index contributed by atoms with van der Waals surface area (Å²) < 4.78 is 0. The van der Waals surface area contributed by atoms with Crippen molar-refractivity contribution < 1.29 is 44.7 Å². The summed E-state index contributed by atoms with van der Waals surface area (Å²) >= 11 is 0. The maximum atomic E-state index is 10.7. The van der Waals surface area contributed by atoms with Gasteiger partial charge < -0.3 is 25.5 Å². The van der Waals surface area contributed by atoms with Gasteiger partial charge >= 0.3 is 23.9 Å². The molecule has 0 bridgehead atoms. The van der Waals surface area contributed by atoms with Gasteiger partial charge in [0.15, 0.2) is 0 Å². The van der Waals surface area contributed by atoms with Crippen molar-refractivity contribution in [1.82, 2.24) is 0 Å². The summed E-state index contributed by atoms with van der Waals surface area (Å²) in [6.45, 7) is 3.66. The highest BCUT2D eigenvalue weighted by Gasteiger charge is 2.33. The Labute approximate surface area is 222 Å². The average Bonchev–Trinajstić information content (AvgIpc) is 3.38. The van der Waals surface area contributed by atoms with Gasteiger partial charge in [-0.1, -0.05) is 62.1 Å². The van der Waals surface area contributed by atoms with Crippen LogP contribution in [0.2, 0.25) is 0 Å². The summed E-state index contributed by atoms with van der Waals surface area (Å²) in [5, 5.41) is 45.2. The lowest BCUT2D eigenvalue weighted by Gasteiger charge is -2.03. The molecule has 0 radical (unpaired) electrons. The zero-order chi connectivity index (χ0) is 28.5. The maximum absolute atomic E-state index is 10.7. The third-order valence-electron chi connectivity index (χ3n) is 6.31. The number of carboxylic acid groups (broad SMARTS) is 4. The van der Waals surface area contributed by atoms with E-state index in [1.54, 1.807) is 18.2 Å². The van der Waals surface area contributed by atoms with E-state index in [0.29, 0.717) is 31.1 Å². The molecule has 9 heteroatoms. The fraction of sp³-hybridized carbons (Fsp3) is 0.448. The second kappa shape index (κ2) is 17.6. The number of unbranched alkanes of at least 4 members (excludes halogenated alkanes) is 6. The second-order valence-electron chi connectivity index (χ2n) is 9.21. The number of carbonyl (C=O) groups is 4. The minimum Gasteiger partial charge on any atom is -0.506 e. The number of fused-ring (bicyclic) bond motifs is 1. The van der Waals surface area contributed by atoms with Crippen LogP contribution in [-0.2, 0) is 14.4 Å². The van der Waals surface area contributed by atoms with Crippen molar-refractivity contribution in [2.24, 2.45) is 11.8 Å². The standard InChI is InChI=1S/C11H8O3.C11H20O2.C7H10O4/c12-10-8-4-2-1-3-7(8)5-6-9(10)11(13)14;1-2-3-4-5-6-7-8-9-10-11(12)13;8-6(9)4-1-2-5(3-4)7(10)11/h1-6,12H,(H,13,14);2H,1,3-10H2,(H,12,13);4-5H,1-3H2,(H,8,9)(H,10,11). The van der Waals surface area contributed by atoms with Crippen molar-refractivity contribution in [2.75, 3.05) is 0 Å². The van der Waals surface area contributed by atoms with Crippen molar-refractivity contribution in [3.8, 4) is 5.75 Å². The Morgan fingerprint density at radius 3 is 1.84 bits per heavy atom. The molecule has 2 aromatic carbocycles. The highest BCUT2D eigenvalue weighted by molar-refractivity contribution is 6.00. The predicted molar refractivity (Wildman–Crippen MR) is 143 cm³/mol. The molecule has 208 valence electrons. The fourth-order valence-corrected chi connectivity index (χ4v) is 4.13. The molecule has 38 heavy (non-hydrogen) atoms. The van der Waals surface area contributed by atoms with Gasteiger partial charge in [-0.25, -0.2) is 4.79 Å². The highest BCUT2D eigenvalue weighted by Crippen LogP contribution is 2.31. The summed E-state index contributed by atoms with van der Waals surface area (Å²) in [6.07, 6.45) is 11.5. The number of aromatic hydroxyl groups is 1.